The van der Waals surface area contributed by atoms with Crippen LogP contribution in [0.1, 0.15) is 5.56 Å². The number of rotatable bonds is 9. The first kappa shape index (κ1) is 20.7. The molecule has 2 aromatic carbocycles. The van der Waals surface area contributed by atoms with E-state index >= 15 is 0 Å². The lowest BCUT2D eigenvalue weighted by atomic mass is 10.1. The summed E-state index contributed by atoms with van der Waals surface area (Å²) < 4.78 is 7.64. The van der Waals surface area contributed by atoms with Crippen LogP contribution in [0.25, 0.3) is 20.2 Å². The Morgan fingerprint density at radius 3 is 2.54 bits per heavy atom. The Hall–Kier alpha value is -2.03. The summed E-state index contributed by atoms with van der Waals surface area (Å²) in [5.41, 5.74) is 0.938. The Morgan fingerprint density at radius 1 is 1.11 bits per heavy atom. The molecule has 0 bridgehead atoms. The van der Waals surface area contributed by atoms with E-state index in [2.05, 4.69) is 0 Å². The van der Waals surface area contributed by atoms with Gasteiger partial charge in [0, 0.05) is 39.8 Å². The zero-order valence-corrected chi connectivity index (χ0v) is 16.6. The maximum absolute atomic E-state index is 12.9. The monoisotopic (exact) mass is 403 g/mol. The van der Waals surface area contributed by atoms with Crippen molar-refractivity contribution < 1.29 is 20.1 Å². The maximum Gasteiger partial charge on any atom is 0.196 e. The van der Waals surface area contributed by atoms with E-state index in [-0.39, 0.29) is 31.8 Å². The van der Waals surface area contributed by atoms with Crippen molar-refractivity contribution in [1.29, 1.82) is 0 Å². The lowest BCUT2D eigenvalue weighted by Crippen LogP contribution is -2.38. The quantitative estimate of drug-likeness (QED) is 0.472. The maximum atomic E-state index is 12.9. The third kappa shape index (κ3) is 4.68. The van der Waals surface area contributed by atoms with Crippen LogP contribution in [0.15, 0.2) is 41.2 Å². The molecule has 0 spiro atoms. The van der Waals surface area contributed by atoms with Gasteiger partial charge in [-0.3, -0.25) is 9.69 Å². The number of nitrogens with zero attached hydrogens (tertiary/aromatic N) is 1. The molecule has 0 saturated heterocycles. The highest BCUT2D eigenvalue weighted by atomic mass is 32.1. The average molecular weight is 404 g/mol. The number of aliphatic hydroxyl groups is 3. The van der Waals surface area contributed by atoms with E-state index in [0.29, 0.717) is 29.6 Å². The molecule has 1 atom stereocenters. The van der Waals surface area contributed by atoms with Gasteiger partial charge in [0.05, 0.1) is 13.2 Å². The van der Waals surface area contributed by atoms with Crippen LogP contribution in [-0.4, -0.2) is 65.8 Å². The Balaban J connectivity index is 1.79. The van der Waals surface area contributed by atoms with Gasteiger partial charge in [-0.1, -0.05) is 12.1 Å². The molecule has 1 aromatic heterocycles. The second kappa shape index (κ2) is 9.45. The van der Waals surface area contributed by atoms with Crippen LogP contribution >= 0.6 is 11.3 Å². The third-order valence-electron chi connectivity index (χ3n) is 4.58. The van der Waals surface area contributed by atoms with Gasteiger partial charge in [0.25, 0.3) is 0 Å². The van der Waals surface area contributed by atoms with Crippen LogP contribution in [0.5, 0.6) is 5.75 Å². The number of hydrogen-bond acceptors (Lipinski definition) is 7. The molecule has 6 nitrogen and oxygen atoms in total. The van der Waals surface area contributed by atoms with Crippen LogP contribution < -0.4 is 10.2 Å². The molecule has 0 fully saturated rings. The van der Waals surface area contributed by atoms with Crippen molar-refractivity contribution in [1.82, 2.24) is 4.90 Å². The van der Waals surface area contributed by atoms with Crippen molar-refractivity contribution in [3.8, 4) is 5.75 Å². The fourth-order valence-electron chi connectivity index (χ4n) is 3.25. The highest BCUT2D eigenvalue weighted by Gasteiger charge is 2.14. The van der Waals surface area contributed by atoms with Crippen molar-refractivity contribution >= 4 is 31.5 Å². The minimum Gasteiger partial charge on any atom is -0.491 e. The molecule has 0 aliphatic heterocycles. The van der Waals surface area contributed by atoms with E-state index in [1.807, 2.05) is 37.3 Å². The molecule has 0 aliphatic carbocycles. The fraction of sp³-hybridized carbons (Fsp3) is 0.381. The van der Waals surface area contributed by atoms with Crippen molar-refractivity contribution in [2.45, 2.75) is 13.0 Å². The van der Waals surface area contributed by atoms with Crippen molar-refractivity contribution in [2.24, 2.45) is 0 Å². The van der Waals surface area contributed by atoms with Gasteiger partial charge in [0.2, 0.25) is 0 Å². The summed E-state index contributed by atoms with van der Waals surface area (Å²) in [5, 5.41) is 29.6. The van der Waals surface area contributed by atoms with E-state index in [1.54, 1.807) is 22.3 Å². The van der Waals surface area contributed by atoms with Gasteiger partial charge in [0.1, 0.15) is 18.5 Å². The minimum absolute atomic E-state index is 0.0180. The van der Waals surface area contributed by atoms with E-state index in [1.165, 1.54) is 0 Å². The Morgan fingerprint density at radius 2 is 1.82 bits per heavy atom. The van der Waals surface area contributed by atoms with Crippen LogP contribution in [0.4, 0.5) is 0 Å². The first-order valence-electron chi connectivity index (χ1n) is 9.24. The van der Waals surface area contributed by atoms with E-state index < -0.39 is 6.10 Å². The van der Waals surface area contributed by atoms with Gasteiger partial charge >= 0.3 is 0 Å². The summed E-state index contributed by atoms with van der Waals surface area (Å²) in [7, 11) is 0. The minimum atomic E-state index is -0.778. The molecule has 3 rings (SSSR count). The summed E-state index contributed by atoms with van der Waals surface area (Å²) in [6, 6.07) is 11.2. The first-order valence-corrected chi connectivity index (χ1v) is 10.1. The molecule has 0 saturated carbocycles. The van der Waals surface area contributed by atoms with Gasteiger partial charge in [-0.2, -0.15) is 0 Å². The number of ether oxygens (including phenoxy) is 1. The topological polar surface area (TPSA) is 90.2 Å². The molecule has 3 aromatic rings. The third-order valence-corrected chi connectivity index (χ3v) is 5.90. The molecule has 0 amide bonds. The smallest absolute Gasteiger partial charge is 0.196 e. The Kier molecular flexibility index (Phi) is 6.98. The lowest BCUT2D eigenvalue weighted by molar-refractivity contribution is 0.0552. The van der Waals surface area contributed by atoms with Crippen molar-refractivity contribution in [2.75, 3.05) is 39.5 Å². The highest BCUT2D eigenvalue weighted by molar-refractivity contribution is 7.24. The van der Waals surface area contributed by atoms with Gasteiger partial charge in [0.15, 0.2) is 5.43 Å². The zero-order valence-electron chi connectivity index (χ0n) is 15.8. The number of hydrogen-bond donors (Lipinski definition) is 3. The number of fused-ring (bicyclic) bond motifs is 2. The van der Waals surface area contributed by atoms with Gasteiger partial charge in [-0.25, -0.2) is 0 Å². The molecular weight excluding hydrogens is 378 g/mol. The number of aliphatic hydroxyl groups excluding tert-OH is 3. The molecule has 3 N–H and O–H groups in total. The Bertz CT molecular complexity index is 997. The van der Waals surface area contributed by atoms with Gasteiger partial charge < -0.3 is 20.1 Å². The van der Waals surface area contributed by atoms with Crippen LogP contribution in [0, 0.1) is 6.92 Å². The van der Waals surface area contributed by atoms with E-state index in [0.717, 1.165) is 15.0 Å². The van der Waals surface area contributed by atoms with E-state index in [4.69, 9.17) is 14.9 Å². The van der Waals surface area contributed by atoms with Crippen LogP contribution in [0.2, 0.25) is 0 Å². The molecule has 1 heterocycles. The summed E-state index contributed by atoms with van der Waals surface area (Å²) in [4.78, 5) is 14.6. The van der Waals surface area contributed by atoms with Gasteiger partial charge in [-0.05, 0) is 36.8 Å². The molecular formula is C21H25NO5S. The Labute approximate surface area is 167 Å². The number of aryl methyl sites for hydroxylation is 1. The lowest BCUT2D eigenvalue weighted by Gasteiger charge is -2.23. The van der Waals surface area contributed by atoms with Gasteiger partial charge in [-0.15, -0.1) is 11.3 Å². The first-order chi connectivity index (χ1) is 13.5. The van der Waals surface area contributed by atoms with Crippen LogP contribution in [0.3, 0.4) is 0 Å². The predicted octanol–water partition coefficient (Wildman–Crippen LogP) is 1.75. The SMILES string of the molecule is Cc1cc(OCC(O)CN(CCO)CCO)cc2c(=O)c3ccccc3sc12. The second-order valence-corrected chi connectivity index (χ2v) is 7.81. The standard InChI is InChI=1S/C21H25NO5S/c1-14-10-16(27-13-15(25)12-22(6-8-23)7-9-24)11-18-20(26)17-4-2-3-5-19(17)28-21(14)18/h2-5,10-11,15,23-25H,6-9,12-13H2,1H3. The molecule has 28 heavy (non-hydrogen) atoms. The predicted molar refractivity (Wildman–Crippen MR) is 112 cm³/mol. The van der Waals surface area contributed by atoms with Crippen LogP contribution in [-0.2, 0) is 0 Å². The molecule has 7 heteroatoms. The summed E-state index contributed by atoms with van der Waals surface area (Å²) in [6.07, 6.45) is -0.778. The molecule has 0 radical (unpaired) electrons. The van der Waals surface area contributed by atoms with Crippen molar-refractivity contribution in [3.05, 3.63) is 52.2 Å². The second-order valence-electron chi connectivity index (χ2n) is 6.76. The number of benzene rings is 2. The summed E-state index contributed by atoms with van der Waals surface area (Å²) >= 11 is 1.59. The summed E-state index contributed by atoms with van der Waals surface area (Å²) in [6.45, 7) is 2.95. The summed E-state index contributed by atoms with van der Waals surface area (Å²) in [5.74, 6) is 0.541. The van der Waals surface area contributed by atoms with Crippen molar-refractivity contribution in [3.63, 3.8) is 0 Å². The van der Waals surface area contributed by atoms with E-state index in [9.17, 15) is 9.90 Å². The molecule has 0 aliphatic rings. The highest BCUT2D eigenvalue weighted by Crippen LogP contribution is 2.30. The normalized spacial score (nSPS) is 12.8. The zero-order chi connectivity index (χ0) is 20.1. The molecule has 1 unspecified atom stereocenters. The average Bonchev–Trinajstić information content (AvgIpc) is 2.68. The molecule has 150 valence electrons. The fourth-order valence-corrected chi connectivity index (χ4v) is 4.37. The largest absolute Gasteiger partial charge is 0.491 e.